The smallest absolute Gasteiger partial charge is 0.349 e. The van der Waals surface area contributed by atoms with Gasteiger partial charge in [-0.05, 0) is 53.6 Å². The van der Waals surface area contributed by atoms with Gasteiger partial charge in [0, 0.05) is 11.8 Å². The van der Waals surface area contributed by atoms with Crippen molar-refractivity contribution in [2.75, 3.05) is 7.11 Å². The van der Waals surface area contributed by atoms with Crippen LogP contribution in [-0.4, -0.2) is 41.8 Å². The molecule has 0 aliphatic heterocycles. The molecule has 9 nitrogen and oxygen atoms in total. The van der Waals surface area contributed by atoms with Gasteiger partial charge >= 0.3 is 6.03 Å². The van der Waals surface area contributed by atoms with Crippen molar-refractivity contribution in [1.29, 1.82) is 0 Å². The Bertz CT molecular complexity index is 1360. The van der Waals surface area contributed by atoms with Crippen LogP contribution in [-0.2, 0) is 27.2 Å². The highest BCUT2D eigenvalue weighted by Crippen LogP contribution is 2.22. The summed E-state index contributed by atoms with van der Waals surface area (Å²) in [5.41, 5.74) is 14.1. The first-order valence-corrected chi connectivity index (χ1v) is 14.1. The first-order valence-electron chi connectivity index (χ1n) is 14.1. The van der Waals surface area contributed by atoms with Gasteiger partial charge in [0.05, 0.1) is 13.2 Å². The summed E-state index contributed by atoms with van der Waals surface area (Å²) in [4.78, 5) is 53.4. The molecule has 3 unspecified atom stereocenters. The molecule has 222 valence electrons. The topological polar surface area (TPSA) is 131 Å². The minimum absolute atomic E-state index is 0.274. The lowest BCUT2D eigenvalue weighted by atomic mass is 9.96. The van der Waals surface area contributed by atoms with Crippen LogP contribution in [0.4, 0.5) is 4.79 Å². The van der Waals surface area contributed by atoms with E-state index in [1.807, 2.05) is 67.6 Å². The molecule has 0 spiro atoms. The lowest BCUT2D eigenvalue weighted by molar-refractivity contribution is -0.145. The molecule has 0 fully saturated rings. The number of imide groups is 3. The molecule has 3 aromatic rings. The van der Waals surface area contributed by atoms with Crippen LogP contribution < -0.4 is 21.3 Å². The number of carbonyl (C=O) groups is 4. The van der Waals surface area contributed by atoms with Gasteiger partial charge in [0.25, 0.3) is 5.91 Å². The maximum Gasteiger partial charge on any atom is 0.349 e. The Morgan fingerprint density at radius 2 is 1.38 bits per heavy atom. The van der Waals surface area contributed by atoms with Crippen molar-refractivity contribution in [2.45, 2.75) is 52.5 Å². The van der Waals surface area contributed by atoms with Crippen molar-refractivity contribution < 1.29 is 23.9 Å². The van der Waals surface area contributed by atoms with Crippen LogP contribution in [0.1, 0.15) is 44.7 Å². The molecule has 4 N–H and O–H groups in total. The van der Waals surface area contributed by atoms with Crippen molar-refractivity contribution >= 4 is 23.8 Å². The number of methoxy groups -OCH3 is 1. The van der Waals surface area contributed by atoms with E-state index in [0.717, 1.165) is 22.3 Å². The first-order chi connectivity index (χ1) is 20.1. The quantitative estimate of drug-likeness (QED) is 0.287. The molecule has 3 atom stereocenters. The average molecular weight is 573 g/mol. The highest BCUT2D eigenvalue weighted by molar-refractivity contribution is 6.11. The zero-order valence-corrected chi connectivity index (χ0v) is 24.6. The molecule has 0 saturated carbocycles. The number of nitrogens with one attached hydrogen (secondary N) is 2. The second-order valence-corrected chi connectivity index (χ2v) is 10.5. The predicted molar refractivity (Wildman–Crippen MR) is 162 cm³/mol. The van der Waals surface area contributed by atoms with Gasteiger partial charge in [-0.25, -0.2) is 10.2 Å². The SMILES string of the molecule is CCCC(N)C(=O)NNC(=O)N(C(=O)C(C)Cc1ccc(-c2ccccc2)cc1)C(=O)C(C)Cc1cccc(OC)c1. The third-order valence-electron chi connectivity index (χ3n) is 7.00. The summed E-state index contributed by atoms with van der Waals surface area (Å²) < 4.78 is 5.27. The summed E-state index contributed by atoms with van der Waals surface area (Å²) in [6.07, 6.45) is 1.68. The number of hydrogen-bond acceptors (Lipinski definition) is 6. The normalized spacial score (nSPS) is 12.9. The molecule has 0 aliphatic carbocycles. The number of nitrogens with two attached hydrogens (primary N) is 1. The van der Waals surface area contributed by atoms with Crippen molar-refractivity contribution in [2.24, 2.45) is 17.6 Å². The molecule has 0 radical (unpaired) electrons. The number of amides is 5. The van der Waals surface area contributed by atoms with Gasteiger partial charge in [-0.15, -0.1) is 0 Å². The molecule has 3 aromatic carbocycles. The van der Waals surface area contributed by atoms with Gasteiger partial charge in [-0.2, -0.15) is 4.90 Å². The summed E-state index contributed by atoms with van der Waals surface area (Å²) in [6, 6.07) is 23.1. The third-order valence-corrected chi connectivity index (χ3v) is 7.00. The molecule has 0 aromatic heterocycles. The summed E-state index contributed by atoms with van der Waals surface area (Å²) in [5.74, 6) is -2.75. The number of carbonyl (C=O) groups excluding carboxylic acids is 4. The van der Waals surface area contributed by atoms with E-state index in [2.05, 4.69) is 10.9 Å². The number of rotatable bonds is 11. The van der Waals surface area contributed by atoms with E-state index < -0.39 is 41.6 Å². The van der Waals surface area contributed by atoms with E-state index in [-0.39, 0.29) is 6.42 Å². The van der Waals surface area contributed by atoms with Crippen molar-refractivity contribution in [3.05, 3.63) is 90.0 Å². The van der Waals surface area contributed by atoms with Gasteiger partial charge in [0.2, 0.25) is 11.8 Å². The highest BCUT2D eigenvalue weighted by Gasteiger charge is 2.35. The molecule has 0 aliphatic rings. The van der Waals surface area contributed by atoms with Gasteiger partial charge in [-0.1, -0.05) is 93.9 Å². The Kier molecular flexibility index (Phi) is 11.8. The molecular formula is C33H40N4O5. The molecule has 5 amide bonds. The largest absolute Gasteiger partial charge is 0.497 e. The van der Waals surface area contributed by atoms with Crippen molar-refractivity contribution in [3.8, 4) is 16.9 Å². The van der Waals surface area contributed by atoms with Gasteiger partial charge < -0.3 is 10.5 Å². The number of nitrogens with zero attached hydrogens (tertiary/aromatic N) is 1. The number of benzene rings is 3. The monoisotopic (exact) mass is 572 g/mol. The standard InChI is InChI=1S/C33H40N4O5/c1-5-10-29(34)30(38)35-36-33(41)37(32(40)23(3)20-25-11-9-14-28(21-25)42-4)31(39)22(2)19-24-15-17-27(18-16-24)26-12-7-6-8-13-26/h6-9,11-18,21-23,29H,5,10,19-20,34H2,1-4H3,(H,35,38)(H,36,41). The zero-order chi connectivity index (χ0) is 30.6. The first kappa shape index (κ1) is 32.0. The Morgan fingerprint density at radius 3 is 1.98 bits per heavy atom. The van der Waals surface area contributed by atoms with Gasteiger partial charge in [-0.3, -0.25) is 19.8 Å². The van der Waals surface area contributed by atoms with Gasteiger partial charge in [0.15, 0.2) is 0 Å². The highest BCUT2D eigenvalue weighted by atomic mass is 16.5. The number of hydrogen-bond donors (Lipinski definition) is 3. The molecule has 3 rings (SSSR count). The van der Waals surface area contributed by atoms with E-state index in [4.69, 9.17) is 10.5 Å². The maximum absolute atomic E-state index is 13.6. The predicted octanol–water partition coefficient (Wildman–Crippen LogP) is 4.64. The molecular weight excluding hydrogens is 532 g/mol. The summed E-state index contributed by atoms with van der Waals surface area (Å²) in [5, 5.41) is 0. The maximum atomic E-state index is 13.6. The fourth-order valence-corrected chi connectivity index (χ4v) is 4.60. The van der Waals surface area contributed by atoms with E-state index >= 15 is 0 Å². The van der Waals surface area contributed by atoms with E-state index in [1.165, 1.54) is 0 Å². The number of hydrazine groups is 1. The molecule has 0 bridgehead atoms. The lowest BCUT2D eigenvalue weighted by Gasteiger charge is -2.26. The minimum Gasteiger partial charge on any atom is -0.497 e. The molecule has 0 heterocycles. The second kappa shape index (κ2) is 15.5. The lowest BCUT2D eigenvalue weighted by Crippen LogP contribution is -2.57. The van der Waals surface area contributed by atoms with E-state index in [0.29, 0.717) is 29.9 Å². The zero-order valence-electron chi connectivity index (χ0n) is 24.6. The molecule has 0 saturated heterocycles. The van der Waals surface area contributed by atoms with Crippen LogP contribution in [0.2, 0.25) is 0 Å². The molecule has 42 heavy (non-hydrogen) atoms. The Labute approximate surface area is 247 Å². The van der Waals surface area contributed by atoms with E-state index in [9.17, 15) is 19.2 Å². The summed E-state index contributed by atoms with van der Waals surface area (Å²) in [7, 11) is 1.55. The second-order valence-electron chi connectivity index (χ2n) is 10.5. The van der Waals surface area contributed by atoms with Crippen molar-refractivity contribution in [3.63, 3.8) is 0 Å². The van der Waals surface area contributed by atoms with Crippen molar-refractivity contribution in [1.82, 2.24) is 15.8 Å². The number of ether oxygens (including phenoxy) is 1. The van der Waals surface area contributed by atoms with Crippen LogP contribution in [0.15, 0.2) is 78.9 Å². The van der Waals surface area contributed by atoms with Crippen LogP contribution in [0.3, 0.4) is 0 Å². The Balaban J connectivity index is 1.77. The summed E-state index contributed by atoms with van der Waals surface area (Å²) in [6.45, 7) is 5.20. The van der Waals surface area contributed by atoms with Crippen LogP contribution >= 0.6 is 0 Å². The van der Waals surface area contributed by atoms with Crippen LogP contribution in [0.25, 0.3) is 11.1 Å². The number of urea groups is 1. The third kappa shape index (κ3) is 8.75. The fourth-order valence-electron chi connectivity index (χ4n) is 4.60. The Morgan fingerprint density at radius 1 is 0.786 bits per heavy atom. The average Bonchev–Trinajstić information content (AvgIpc) is 3.00. The molecule has 9 heteroatoms. The minimum atomic E-state index is -1.04. The Hall–Kier alpha value is -4.50. The van der Waals surface area contributed by atoms with E-state index in [1.54, 1.807) is 39.2 Å². The fraction of sp³-hybridized carbons (Fsp3) is 0.333. The summed E-state index contributed by atoms with van der Waals surface area (Å²) >= 11 is 0. The van der Waals surface area contributed by atoms with Crippen LogP contribution in [0, 0.1) is 11.8 Å². The van der Waals surface area contributed by atoms with Crippen LogP contribution in [0.5, 0.6) is 5.75 Å². The van der Waals surface area contributed by atoms with Gasteiger partial charge in [0.1, 0.15) is 5.75 Å².